The molecule has 0 radical (unpaired) electrons. The number of halogens is 1. The van der Waals surface area contributed by atoms with E-state index in [1.54, 1.807) is 24.3 Å². The zero-order valence-electron chi connectivity index (χ0n) is 13.6. The number of hydrogen-bond acceptors (Lipinski definition) is 4. The van der Waals surface area contributed by atoms with E-state index in [9.17, 15) is 9.59 Å². The maximum atomic E-state index is 11.9. The van der Waals surface area contributed by atoms with Crippen molar-refractivity contribution < 1.29 is 19.1 Å². The second-order valence-corrected chi connectivity index (χ2v) is 6.04. The van der Waals surface area contributed by atoms with E-state index in [-0.39, 0.29) is 24.5 Å². The summed E-state index contributed by atoms with van der Waals surface area (Å²) in [5, 5.41) is 5.78. The second-order valence-electron chi connectivity index (χ2n) is 5.61. The van der Waals surface area contributed by atoms with Crippen molar-refractivity contribution in [3.63, 3.8) is 0 Å². The van der Waals surface area contributed by atoms with Crippen LogP contribution >= 0.6 is 11.6 Å². The van der Waals surface area contributed by atoms with Crippen LogP contribution in [0.3, 0.4) is 0 Å². The van der Waals surface area contributed by atoms with Gasteiger partial charge in [0.25, 0.3) is 5.91 Å². The maximum Gasteiger partial charge on any atom is 0.251 e. The summed E-state index contributed by atoms with van der Waals surface area (Å²) in [6, 6.07) is 6.57. The standard InChI is InChI=1S/C17H23ClN2O4/c18-14-5-1-4-13(10-14)17(22)20-11-16(21)19-7-3-8-23-12-15-6-2-9-24-15/h1,4-5,10,15H,2-3,6-9,11-12H2,(H,19,21)(H,20,22). The molecule has 0 spiro atoms. The van der Waals surface area contributed by atoms with E-state index < -0.39 is 0 Å². The average molecular weight is 355 g/mol. The molecule has 0 aliphatic carbocycles. The van der Waals surface area contributed by atoms with Crippen LogP contribution in [0.2, 0.25) is 5.02 Å². The highest BCUT2D eigenvalue weighted by Gasteiger charge is 2.15. The van der Waals surface area contributed by atoms with Crippen LogP contribution in [0.4, 0.5) is 0 Å². The second kappa shape index (κ2) is 10.3. The van der Waals surface area contributed by atoms with Gasteiger partial charge in [-0.15, -0.1) is 0 Å². The number of ether oxygens (including phenoxy) is 2. The summed E-state index contributed by atoms with van der Waals surface area (Å²) in [5.74, 6) is -0.558. The first kappa shape index (κ1) is 18.7. The average Bonchev–Trinajstić information content (AvgIpc) is 3.09. The molecule has 0 saturated carbocycles. The largest absolute Gasteiger partial charge is 0.379 e. The fourth-order valence-electron chi connectivity index (χ4n) is 2.35. The first-order chi connectivity index (χ1) is 11.6. The molecule has 7 heteroatoms. The van der Waals surface area contributed by atoms with Crippen LogP contribution in [0.1, 0.15) is 29.6 Å². The lowest BCUT2D eigenvalue weighted by Crippen LogP contribution is -2.37. The highest BCUT2D eigenvalue weighted by atomic mass is 35.5. The molecule has 1 atom stereocenters. The number of carbonyl (C=O) groups is 2. The van der Waals surface area contributed by atoms with E-state index >= 15 is 0 Å². The molecule has 2 N–H and O–H groups in total. The topological polar surface area (TPSA) is 76.7 Å². The molecule has 2 rings (SSSR count). The molecule has 0 bridgehead atoms. The van der Waals surface area contributed by atoms with Gasteiger partial charge in [0.15, 0.2) is 0 Å². The van der Waals surface area contributed by atoms with Gasteiger partial charge in [-0.1, -0.05) is 17.7 Å². The summed E-state index contributed by atoms with van der Waals surface area (Å²) >= 11 is 5.82. The maximum absolute atomic E-state index is 11.9. The number of rotatable bonds is 9. The van der Waals surface area contributed by atoms with Crippen molar-refractivity contribution in [2.45, 2.75) is 25.4 Å². The Labute approximate surface area is 146 Å². The summed E-state index contributed by atoms with van der Waals surface area (Å²) < 4.78 is 11.0. The molecule has 24 heavy (non-hydrogen) atoms. The number of amides is 2. The molecular weight excluding hydrogens is 332 g/mol. The smallest absolute Gasteiger partial charge is 0.251 e. The predicted octanol–water partition coefficient (Wildman–Crippen LogP) is 1.77. The van der Waals surface area contributed by atoms with Gasteiger partial charge in [0.2, 0.25) is 5.91 Å². The molecule has 1 saturated heterocycles. The van der Waals surface area contributed by atoms with Crippen molar-refractivity contribution in [1.29, 1.82) is 0 Å². The number of benzene rings is 1. The van der Waals surface area contributed by atoms with Crippen molar-refractivity contribution >= 4 is 23.4 Å². The minimum atomic E-state index is -0.326. The Kier molecular flexibility index (Phi) is 8.01. The quantitative estimate of drug-likeness (QED) is 0.663. The Balaban J connectivity index is 1.51. The van der Waals surface area contributed by atoms with E-state index in [1.165, 1.54) is 0 Å². The van der Waals surface area contributed by atoms with Crippen LogP contribution in [0.25, 0.3) is 0 Å². The minimum Gasteiger partial charge on any atom is -0.379 e. The van der Waals surface area contributed by atoms with Gasteiger partial charge < -0.3 is 20.1 Å². The van der Waals surface area contributed by atoms with Gasteiger partial charge in [0, 0.05) is 30.3 Å². The van der Waals surface area contributed by atoms with Crippen molar-refractivity contribution in [3.05, 3.63) is 34.9 Å². The summed E-state index contributed by atoms with van der Waals surface area (Å²) in [6.45, 7) is 2.46. The van der Waals surface area contributed by atoms with Crippen molar-refractivity contribution in [1.82, 2.24) is 10.6 Å². The minimum absolute atomic E-state index is 0.0673. The normalized spacial score (nSPS) is 16.8. The van der Waals surface area contributed by atoms with Gasteiger partial charge in [-0.05, 0) is 37.5 Å². The summed E-state index contributed by atoms with van der Waals surface area (Å²) in [7, 11) is 0. The van der Waals surface area contributed by atoms with Crippen LogP contribution in [0.5, 0.6) is 0 Å². The molecule has 1 aliphatic rings. The Morgan fingerprint density at radius 3 is 2.96 bits per heavy atom. The third-order valence-electron chi connectivity index (χ3n) is 3.61. The number of hydrogen-bond donors (Lipinski definition) is 2. The third kappa shape index (κ3) is 6.86. The Bertz CT molecular complexity index is 547. The molecule has 1 aromatic rings. The predicted molar refractivity (Wildman–Crippen MR) is 91.2 cm³/mol. The molecule has 1 heterocycles. The molecule has 2 amide bonds. The van der Waals surface area contributed by atoms with E-state index in [1.807, 2.05) is 0 Å². The SMILES string of the molecule is O=C(CNC(=O)c1cccc(Cl)c1)NCCCOCC1CCCO1. The van der Waals surface area contributed by atoms with Gasteiger partial charge in [0.1, 0.15) is 0 Å². The fourth-order valence-corrected chi connectivity index (χ4v) is 2.54. The van der Waals surface area contributed by atoms with Crippen LogP contribution in [-0.2, 0) is 14.3 Å². The van der Waals surface area contributed by atoms with E-state index in [4.69, 9.17) is 21.1 Å². The molecule has 1 unspecified atom stereocenters. The van der Waals surface area contributed by atoms with Gasteiger partial charge in [-0.2, -0.15) is 0 Å². The zero-order valence-corrected chi connectivity index (χ0v) is 14.3. The summed E-state index contributed by atoms with van der Waals surface area (Å²) in [5.41, 5.74) is 0.429. The molecule has 1 aliphatic heterocycles. The third-order valence-corrected chi connectivity index (χ3v) is 3.85. The monoisotopic (exact) mass is 354 g/mol. The number of carbonyl (C=O) groups excluding carboxylic acids is 2. The van der Waals surface area contributed by atoms with Gasteiger partial charge in [-0.25, -0.2) is 0 Å². The van der Waals surface area contributed by atoms with Crippen LogP contribution in [-0.4, -0.2) is 50.8 Å². The molecule has 1 aromatic carbocycles. The van der Waals surface area contributed by atoms with E-state index in [0.717, 1.165) is 25.9 Å². The van der Waals surface area contributed by atoms with Crippen LogP contribution in [0, 0.1) is 0 Å². The zero-order chi connectivity index (χ0) is 17.2. The molecule has 1 fully saturated rings. The van der Waals surface area contributed by atoms with Gasteiger partial charge in [-0.3, -0.25) is 9.59 Å². The van der Waals surface area contributed by atoms with Crippen molar-refractivity contribution in [2.75, 3.05) is 32.9 Å². The Morgan fingerprint density at radius 2 is 2.21 bits per heavy atom. The van der Waals surface area contributed by atoms with Gasteiger partial charge in [0.05, 0.1) is 19.3 Å². The lowest BCUT2D eigenvalue weighted by atomic mass is 10.2. The van der Waals surface area contributed by atoms with Gasteiger partial charge >= 0.3 is 0 Å². The van der Waals surface area contributed by atoms with Crippen LogP contribution < -0.4 is 10.6 Å². The first-order valence-electron chi connectivity index (χ1n) is 8.15. The molecular formula is C17H23ClN2O4. The summed E-state index contributed by atoms with van der Waals surface area (Å²) in [6.07, 6.45) is 3.11. The highest BCUT2D eigenvalue weighted by Crippen LogP contribution is 2.12. The van der Waals surface area contributed by atoms with E-state index in [0.29, 0.717) is 30.3 Å². The molecule has 6 nitrogen and oxygen atoms in total. The summed E-state index contributed by atoms with van der Waals surface area (Å²) in [4.78, 5) is 23.5. The highest BCUT2D eigenvalue weighted by molar-refractivity contribution is 6.30. The van der Waals surface area contributed by atoms with Crippen molar-refractivity contribution in [3.8, 4) is 0 Å². The Hall–Kier alpha value is -1.63. The molecule has 132 valence electrons. The first-order valence-corrected chi connectivity index (χ1v) is 8.53. The van der Waals surface area contributed by atoms with Crippen molar-refractivity contribution in [2.24, 2.45) is 0 Å². The number of nitrogens with one attached hydrogen (secondary N) is 2. The fraction of sp³-hybridized carbons (Fsp3) is 0.529. The molecule has 0 aromatic heterocycles. The van der Waals surface area contributed by atoms with E-state index in [2.05, 4.69) is 10.6 Å². The van der Waals surface area contributed by atoms with Crippen LogP contribution in [0.15, 0.2) is 24.3 Å². The Morgan fingerprint density at radius 1 is 1.33 bits per heavy atom. The lowest BCUT2D eigenvalue weighted by Gasteiger charge is -2.10. The lowest BCUT2D eigenvalue weighted by molar-refractivity contribution is -0.120.